The molecule has 5 rings (SSSR count). The van der Waals surface area contributed by atoms with Gasteiger partial charge in [-0.05, 0) is 49.1 Å². The van der Waals surface area contributed by atoms with E-state index in [1.807, 2.05) is 26.1 Å². The number of aromatic nitrogens is 4. The zero-order chi connectivity index (χ0) is 27.0. The van der Waals surface area contributed by atoms with Gasteiger partial charge in [0.15, 0.2) is 5.13 Å². The minimum absolute atomic E-state index is 0.178. The maximum absolute atomic E-state index is 12.7. The molecule has 3 N–H and O–H groups in total. The van der Waals surface area contributed by atoms with Crippen LogP contribution in [0.15, 0.2) is 24.4 Å². The molecule has 1 aliphatic heterocycles. The standard InChI is InChI=1S/C27H31F2N7OS/c1-14(2)23-16(4)33-22(12-31-11-21(28)29)35-25(23)36-5-6-37-24-15(3)7-17(8-19(24)13-36)18-9-20-26(32-10-18)38-27(30)34-20/h7-10,14,21,31H,5-6,11-13H2,1-4H3,(H2,30,34). The largest absolute Gasteiger partial charge is 0.491 e. The SMILES string of the molecule is Cc1cc(-c2cnc3sc(N)nc3c2)cc2c1OCCN(c1nc(CNCC(F)F)nc(C)c1C(C)C)C2. The molecule has 1 aromatic carbocycles. The predicted octanol–water partition coefficient (Wildman–Crippen LogP) is 5.22. The fourth-order valence-corrected chi connectivity index (χ4v) is 5.63. The maximum Gasteiger partial charge on any atom is 0.250 e. The molecule has 0 radical (unpaired) electrons. The number of hydrogen-bond acceptors (Lipinski definition) is 9. The summed E-state index contributed by atoms with van der Waals surface area (Å²) in [4.78, 5) is 21.4. The van der Waals surface area contributed by atoms with Gasteiger partial charge in [-0.3, -0.25) is 0 Å². The Bertz CT molecular complexity index is 1470. The van der Waals surface area contributed by atoms with Crippen LogP contribution in [-0.2, 0) is 13.1 Å². The number of rotatable bonds is 7. The number of nitrogens with two attached hydrogens (primary N) is 1. The fraction of sp³-hybridized carbons (Fsp3) is 0.407. The summed E-state index contributed by atoms with van der Waals surface area (Å²) >= 11 is 1.37. The first-order valence-electron chi connectivity index (χ1n) is 12.6. The number of nitrogen functional groups attached to an aromatic ring is 1. The number of thiazole rings is 1. The number of halogens is 2. The third-order valence-corrected chi connectivity index (χ3v) is 7.35. The van der Waals surface area contributed by atoms with Crippen LogP contribution in [0.2, 0.25) is 0 Å². The Morgan fingerprint density at radius 1 is 1.13 bits per heavy atom. The van der Waals surface area contributed by atoms with E-state index >= 15 is 0 Å². The Kier molecular flexibility index (Phi) is 7.40. The minimum Gasteiger partial charge on any atom is -0.491 e. The van der Waals surface area contributed by atoms with E-state index in [0.717, 1.165) is 55.4 Å². The Hall–Kier alpha value is -3.44. The predicted molar refractivity (Wildman–Crippen MR) is 147 cm³/mol. The highest BCUT2D eigenvalue weighted by Gasteiger charge is 2.25. The van der Waals surface area contributed by atoms with E-state index in [2.05, 4.69) is 51.1 Å². The zero-order valence-electron chi connectivity index (χ0n) is 21.9. The van der Waals surface area contributed by atoms with Crippen LogP contribution >= 0.6 is 11.3 Å². The summed E-state index contributed by atoms with van der Waals surface area (Å²) in [6.07, 6.45) is -0.578. The maximum atomic E-state index is 12.7. The van der Waals surface area contributed by atoms with Crippen LogP contribution in [0, 0.1) is 13.8 Å². The molecule has 11 heteroatoms. The third kappa shape index (κ3) is 5.39. The van der Waals surface area contributed by atoms with Crippen molar-refractivity contribution >= 4 is 32.6 Å². The Morgan fingerprint density at radius 2 is 1.95 bits per heavy atom. The van der Waals surface area contributed by atoms with E-state index in [-0.39, 0.29) is 12.5 Å². The number of fused-ring (bicyclic) bond motifs is 2. The number of benzene rings is 1. The Balaban J connectivity index is 1.51. The summed E-state index contributed by atoms with van der Waals surface area (Å²) in [6, 6.07) is 6.25. The number of alkyl halides is 2. The first-order valence-corrected chi connectivity index (χ1v) is 13.4. The lowest BCUT2D eigenvalue weighted by molar-refractivity contribution is 0.145. The molecule has 0 saturated carbocycles. The van der Waals surface area contributed by atoms with Crippen molar-refractivity contribution in [3.8, 4) is 16.9 Å². The zero-order valence-corrected chi connectivity index (χ0v) is 22.7. The van der Waals surface area contributed by atoms with Gasteiger partial charge in [-0.1, -0.05) is 25.2 Å². The number of aryl methyl sites for hydroxylation is 2. The summed E-state index contributed by atoms with van der Waals surface area (Å²) in [5.41, 5.74) is 12.6. The number of nitrogens with zero attached hydrogens (tertiary/aromatic N) is 5. The van der Waals surface area contributed by atoms with Crippen LogP contribution in [0.4, 0.5) is 19.7 Å². The van der Waals surface area contributed by atoms with Crippen LogP contribution < -0.4 is 20.7 Å². The first-order chi connectivity index (χ1) is 18.2. The van der Waals surface area contributed by atoms with E-state index in [9.17, 15) is 8.78 Å². The summed E-state index contributed by atoms with van der Waals surface area (Å²) in [7, 11) is 0. The van der Waals surface area contributed by atoms with Crippen LogP contribution in [0.3, 0.4) is 0 Å². The van der Waals surface area contributed by atoms with Crippen LogP contribution in [-0.4, -0.2) is 46.1 Å². The van der Waals surface area contributed by atoms with Crippen LogP contribution in [0.25, 0.3) is 21.5 Å². The van der Waals surface area contributed by atoms with Gasteiger partial charge in [0.1, 0.15) is 34.3 Å². The van der Waals surface area contributed by atoms with Gasteiger partial charge >= 0.3 is 0 Å². The van der Waals surface area contributed by atoms with Crippen molar-refractivity contribution in [2.45, 2.75) is 53.1 Å². The van der Waals surface area contributed by atoms with Crippen molar-refractivity contribution in [1.82, 2.24) is 25.3 Å². The highest BCUT2D eigenvalue weighted by Crippen LogP contribution is 2.36. The second kappa shape index (κ2) is 10.7. The quantitative estimate of drug-likeness (QED) is 0.329. The molecule has 1 aliphatic rings. The van der Waals surface area contributed by atoms with Crippen molar-refractivity contribution < 1.29 is 13.5 Å². The molecule has 0 spiro atoms. The van der Waals surface area contributed by atoms with Crippen molar-refractivity contribution in [3.63, 3.8) is 0 Å². The topological polar surface area (TPSA) is 102 Å². The summed E-state index contributed by atoms with van der Waals surface area (Å²) < 4.78 is 31.6. The highest BCUT2D eigenvalue weighted by molar-refractivity contribution is 7.21. The van der Waals surface area contributed by atoms with Crippen molar-refractivity contribution in [2.24, 2.45) is 0 Å². The lowest BCUT2D eigenvalue weighted by Gasteiger charge is -2.27. The van der Waals surface area contributed by atoms with E-state index in [4.69, 9.17) is 15.5 Å². The Morgan fingerprint density at radius 3 is 2.71 bits per heavy atom. The molecule has 0 aliphatic carbocycles. The van der Waals surface area contributed by atoms with Gasteiger partial charge in [0.05, 0.1) is 19.6 Å². The molecule has 0 saturated heterocycles. The number of anilines is 2. The Labute approximate surface area is 224 Å². The van der Waals surface area contributed by atoms with E-state index in [1.54, 1.807) is 0 Å². The second-order valence-electron chi connectivity index (χ2n) is 9.79. The average molecular weight is 540 g/mol. The molecule has 0 atom stereocenters. The van der Waals surface area contributed by atoms with E-state index in [0.29, 0.717) is 30.7 Å². The van der Waals surface area contributed by atoms with Gasteiger partial charge in [-0.15, -0.1) is 0 Å². The molecular weight excluding hydrogens is 508 g/mol. The third-order valence-electron chi connectivity index (χ3n) is 6.54. The summed E-state index contributed by atoms with van der Waals surface area (Å²) in [6.45, 7) is 9.73. The van der Waals surface area contributed by atoms with E-state index in [1.165, 1.54) is 11.3 Å². The molecule has 0 fully saturated rings. The number of hydrogen-bond donors (Lipinski definition) is 2. The summed E-state index contributed by atoms with van der Waals surface area (Å²) in [5.74, 6) is 2.38. The van der Waals surface area contributed by atoms with E-state index < -0.39 is 13.0 Å². The van der Waals surface area contributed by atoms with Crippen molar-refractivity contribution in [2.75, 3.05) is 30.3 Å². The van der Waals surface area contributed by atoms with Crippen molar-refractivity contribution in [3.05, 3.63) is 52.6 Å². The lowest BCUT2D eigenvalue weighted by atomic mass is 9.99. The smallest absolute Gasteiger partial charge is 0.250 e. The van der Waals surface area contributed by atoms with Gasteiger partial charge < -0.3 is 20.7 Å². The number of pyridine rings is 1. The minimum atomic E-state index is -2.43. The molecule has 0 amide bonds. The van der Waals surface area contributed by atoms with Crippen LogP contribution in [0.5, 0.6) is 5.75 Å². The molecule has 38 heavy (non-hydrogen) atoms. The van der Waals surface area contributed by atoms with Gasteiger partial charge in [-0.2, -0.15) is 0 Å². The number of nitrogens with one attached hydrogen (secondary N) is 1. The van der Waals surface area contributed by atoms with Gasteiger partial charge in [0, 0.05) is 35.1 Å². The first kappa shape index (κ1) is 26.2. The molecule has 3 aromatic heterocycles. The molecule has 4 heterocycles. The van der Waals surface area contributed by atoms with Gasteiger partial charge in [-0.25, -0.2) is 28.7 Å². The van der Waals surface area contributed by atoms with Gasteiger partial charge in [0.2, 0.25) is 0 Å². The average Bonchev–Trinajstić information content (AvgIpc) is 3.08. The summed E-state index contributed by atoms with van der Waals surface area (Å²) in [5, 5.41) is 3.24. The molecule has 8 nitrogen and oxygen atoms in total. The number of ether oxygens (including phenoxy) is 1. The highest BCUT2D eigenvalue weighted by atomic mass is 32.1. The fourth-order valence-electron chi connectivity index (χ4n) is 4.97. The molecule has 0 bridgehead atoms. The van der Waals surface area contributed by atoms with Crippen LogP contribution in [0.1, 0.15) is 48.0 Å². The molecule has 0 unspecified atom stereocenters. The lowest BCUT2D eigenvalue weighted by Crippen LogP contribution is -2.29. The monoisotopic (exact) mass is 539 g/mol. The molecular formula is C27H31F2N7OS. The second-order valence-corrected chi connectivity index (χ2v) is 10.8. The molecule has 4 aromatic rings. The van der Waals surface area contributed by atoms with Crippen molar-refractivity contribution in [1.29, 1.82) is 0 Å². The van der Waals surface area contributed by atoms with Gasteiger partial charge in [0.25, 0.3) is 6.43 Å². The molecule has 200 valence electrons. The normalized spacial score (nSPS) is 13.7.